The minimum atomic E-state index is -0.586. The Hall–Kier alpha value is -2.42. The number of nitrogens with zero attached hydrogens (tertiary/aromatic N) is 2. The summed E-state index contributed by atoms with van der Waals surface area (Å²) < 4.78 is 19.9. The molecule has 1 aliphatic heterocycles. The van der Waals surface area contributed by atoms with Crippen LogP contribution in [0.1, 0.15) is 48.7 Å². The van der Waals surface area contributed by atoms with Gasteiger partial charge in [-0.3, -0.25) is 4.79 Å². The molecule has 0 spiro atoms. The molecule has 0 fully saturated rings. The van der Waals surface area contributed by atoms with Gasteiger partial charge in [0.15, 0.2) is 0 Å². The Morgan fingerprint density at radius 1 is 1.38 bits per heavy atom. The van der Waals surface area contributed by atoms with E-state index in [0.717, 1.165) is 25.0 Å². The van der Waals surface area contributed by atoms with E-state index in [0.29, 0.717) is 41.7 Å². The van der Waals surface area contributed by atoms with Crippen LogP contribution >= 0.6 is 15.9 Å². The number of ether oxygens (including phenoxy) is 1. The SMILES string of the molecule is COC(=O)CCCCCNC(=O)N1CCc2[nH]cnc2[C@H]1c1ccc(Br)cc1F. The first-order valence-corrected chi connectivity index (χ1v) is 10.4. The molecular formula is C20H24BrFN4O3. The van der Waals surface area contributed by atoms with Crippen molar-refractivity contribution >= 4 is 27.9 Å². The number of amides is 2. The Bertz CT molecular complexity index is 873. The normalized spacial score (nSPS) is 15.7. The standard InChI is InChI=1S/C20H24BrFN4O3/c1-29-17(27)5-3-2-4-9-23-20(28)26-10-8-16-18(25-12-24-16)19(26)14-7-6-13(21)11-15(14)22/h6-7,11-12,19H,2-5,8-10H2,1H3,(H,23,28)(H,24,25)/t19-/m1/s1. The Labute approximate surface area is 177 Å². The lowest BCUT2D eigenvalue weighted by atomic mass is 9.95. The van der Waals surface area contributed by atoms with E-state index in [2.05, 4.69) is 36.0 Å². The lowest BCUT2D eigenvalue weighted by Crippen LogP contribution is -2.46. The molecule has 0 bridgehead atoms. The highest BCUT2D eigenvalue weighted by molar-refractivity contribution is 9.10. The summed E-state index contributed by atoms with van der Waals surface area (Å²) in [6.07, 6.45) is 4.87. The van der Waals surface area contributed by atoms with Crippen molar-refractivity contribution in [3.8, 4) is 0 Å². The molecule has 9 heteroatoms. The van der Waals surface area contributed by atoms with Crippen molar-refractivity contribution < 1.29 is 18.7 Å². The van der Waals surface area contributed by atoms with Gasteiger partial charge in [0.2, 0.25) is 0 Å². The van der Waals surface area contributed by atoms with Crippen molar-refractivity contribution in [1.82, 2.24) is 20.2 Å². The highest BCUT2D eigenvalue weighted by Crippen LogP contribution is 2.35. The summed E-state index contributed by atoms with van der Waals surface area (Å²) in [4.78, 5) is 33.0. The number of fused-ring (bicyclic) bond motifs is 1. The van der Waals surface area contributed by atoms with E-state index in [-0.39, 0.29) is 17.8 Å². The summed E-state index contributed by atoms with van der Waals surface area (Å²) in [5, 5.41) is 2.91. The highest BCUT2D eigenvalue weighted by atomic mass is 79.9. The number of hydrogen-bond donors (Lipinski definition) is 2. The van der Waals surface area contributed by atoms with E-state index < -0.39 is 6.04 Å². The Balaban J connectivity index is 1.65. The topological polar surface area (TPSA) is 87.3 Å². The third kappa shape index (κ3) is 5.14. The van der Waals surface area contributed by atoms with E-state index in [9.17, 15) is 14.0 Å². The van der Waals surface area contributed by atoms with E-state index >= 15 is 0 Å². The smallest absolute Gasteiger partial charge is 0.318 e. The number of urea groups is 1. The van der Waals surface area contributed by atoms with Crippen LogP contribution in [0.4, 0.5) is 9.18 Å². The van der Waals surface area contributed by atoms with Crippen LogP contribution in [-0.4, -0.2) is 47.1 Å². The van der Waals surface area contributed by atoms with Crippen molar-refractivity contribution in [2.24, 2.45) is 0 Å². The quantitative estimate of drug-likeness (QED) is 0.480. The summed E-state index contributed by atoms with van der Waals surface area (Å²) in [5.41, 5.74) is 2.00. The van der Waals surface area contributed by atoms with Crippen molar-refractivity contribution in [3.05, 3.63) is 51.8 Å². The number of esters is 1. The van der Waals surface area contributed by atoms with Gasteiger partial charge in [-0.1, -0.05) is 28.4 Å². The van der Waals surface area contributed by atoms with Crippen LogP contribution in [-0.2, 0) is 16.0 Å². The molecule has 2 aromatic rings. The maximum Gasteiger partial charge on any atom is 0.318 e. The summed E-state index contributed by atoms with van der Waals surface area (Å²) >= 11 is 3.27. The average molecular weight is 467 g/mol. The maximum absolute atomic E-state index is 14.7. The Morgan fingerprint density at radius 3 is 2.97 bits per heavy atom. The van der Waals surface area contributed by atoms with Gasteiger partial charge in [0.1, 0.15) is 11.9 Å². The largest absolute Gasteiger partial charge is 0.469 e. The molecule has 1 atom stereocenters. The fourth-order valence-electron chi connectivity index (χ4n) is 3.50. The molecule has 0 saturated carbocycles. The number of nitrogens with one attached hydrogen (secondary N) is 2. The number of halogens is 2. The molecule has 1 aromatic carbocycles. The van der Waals surface area contributed by atoms with Crippen LogP contribution in [0.15, 0.2) is 29.0 Å². The number of rotatable bonds is 7. The van der Waals surface area contributed by atoms with E-state index in [1.807, 2.05) is 0 Å². The van der Waals surface area contributed by atoms with E-state index in [1.165, 1.54) is 13.2 Å². The number of hydrogen-bond acceptors (Lipinski definition) is 4. The number of carbonyl (C=O) groups excluding carboxylic acids is 2. The predicted molar refractivity (Wildman–Crippen MR) is 109 cm³/mol. The zero-order valence-corrected chi connectivity index (χ0v) is 17.8. The van der Waals surface area contributed by atoms with Crippen molar-refractivity contribution in [1.29, 1.82) is 0 Å². The first kappa shape index (κ1) is 21.3. The van der Waals surface area contributed by atoms with Gasteiger partial charge in [-0.2, -0.15) is 0 Å². The van der Waals surface area contributed by atoms with Crippen molar-refractivity contribution in [2.75, 3.05) is 20.2 Å². The molecule has 2 N–H and O–H groups in total. The fourth-order valence-corrected chi connectivity index (χ4v) is 3.84. The number of aromatic nitrogens is 2. The second kappa shape index (κ2) is 9.87. The first-order valence-electron chi connectivity index (χ1n) is 9.59. The minimum Gasteiger partial charge on any atom is -0.469 e. The molecule has 3 rings (SSSR count). The second-order valence-corrected chi connectivity index (χ2v) is 7.81. The van der Waals surface area contributed by atoms with E-state index in [1.54, 1.807) is 23.4 Å². The third-order valence-corrected chi connectivity index (χ3v) is 5.50. The van der Waals surface area contributed by atoms with Crippen molar-refractivity contribution in [3.63, 3.8) is 0 Å². The van der Waals surface area contributed by atoms with Gasteiger partial charge in [-0.05, 0) is 25.0 Å². The number of H-pyrrole nitrogens is 1. The molecule has 0 saturated heterocycles. The molecule has 1 aliphatic rings. The van der Waals surface area contributed by atoms with Gasteiger partial charge < -0.3 is 19.9 Å². The number of unbranched alkanes of at least 4 members (excludes halogenated alkanes) is 2. The summed E-state index contributed by atoms with van der Waals surface area (Å²) in [6, 6.07) is 4.00. The molecular weight excluding hydrogens is 443 g/mol. The van der Waals surface area contributed by atoms with Gasteiger partial charge in [-0.25, -0.2) is 14.2 Å². The molecule has 0 radical (unpaired) electrons. The van der Waals surface area contributed by atoms with Gasteiger partial charge in [-0.15, -0.1) is 0 Å². The Kier molecular flexibility index (Phi) is 7.24. The number of methoxy groups -OCH3 is 1. The number of benzene rings is 1. The molecule has 2 heterocycles. The number of aromatic amines is 1. The van der Waals surface area contributed by atoms with Gasteiger partial charge in [0.25, 0.3) is 0 Å². The van der Waals surface area contributed by atoms with Crippen LogP contribution in [0.2, 0.25) is 0 Å². The van der Waals surface area contributed by atoms with Crippen LogP contribution in [0.3, 0.4) is 0 Å². The zero-order chi connectivity index (χ0) is 20.8. The molecule has 7 nitrogen and oxygen atoms in total. The third-order valence-electron chi connectivity index (χ3n) is 5.00. The number of carbonyl (C=O) groups is 2. The predicted octanol–water partition coefficient (Wildman–Crippen LogP) is 3.70. The zero-order valence-electron chi connectivity index (χ0n) is 16.2. The van der Waals surface area contributed by atoms with Gasteiger partial charge >= 0.3 is 12.0 Å². The van der Waals surface area contributed by atoms with Gasteiger partial charge in [0.05, 0.1) is 19.1 Å². The van der Waals surface area contributed by atoms with Crippen LogP contribution < -0.4 is 5.32 Å². The maximum atomic E-state index is 14.7. The highest BCUT2D eigenvalue weighted by Gasteiger charge is 2.35. The molecule has 1 aromatic heterocycles. The summed E-state index contributed by atoms with van der Waals surface area (Å²) in [5.74, 6) is -0.614. The average Bonchev–Trinajstić information content (AvgIpc) is 3.18. The molecule has 29 heavy (non-hydrogen) atoms. The van der Waals surface area contributed by atoms with E-state index in [4.69, 9.17) is 0 Å². The van der Waals surface area contributed by atoms with Crippen LogP contribution in [0, 0.1) is 5.82 Å². The van der Waals surface area contributed by atoms with Crippen LogP contribution in [0.25, 0.3) is 0 Å². The fraction of sp³-hybridized carbons (Fsp3) is 0.450. The molecule has 0 unspecified atom stereocenters. The molecule has 156 valence electrons. The molecule has 2 amide bonds. The summed E-state index contributed by atoms with van der Waals surface area (Å²) in [7, 11) is 1.37. The lowest BCUT2D eigenvalue weighted by Gasteiger charge is -2.35. The van der Waals surface area contributed by atoms with Crippen LogP contribution in [0.5, 0.6) is 0 Å². The number of imidazole rings is 1. The van der Waals surface area contributed by atoms with Crippen molar-refractivity contribution in [2.45, 2.75) is 38.1 Å². The first-order chi connectivity index (χ1) is 14.0. The summed E-state index contributed by atoms with van der Waals surface area (Å²) in [6.45, 7) is 0.947. The lowest BCUT2D eigenvalue weighted by molar-refractivity contribution is -0.140. The minimum absolute atomic E-state index is 0.225. The Morgan fingerprint density at radius 2 is 2.21 bits per heavy atom. The monoisotopic (exact) mass is 466 g/mol. The molecule has 0 aliphatic carbocycles. The second-order valence-electron chi connectivity index (χ2n) is 6.90. The van der Waals surface area contributed by atoms with Gasteiger partial charge in [0, 0.05) is 41.7 Å².